The molecule has 6 nitrogen and oxygen atoms in total. The van der Waals surface area contributed by atoms with E-state index in [0.29, 0.717) is 0 Å². The lowest BCUT2D eigenvalue weighted by atomic mass is 9.97. The number of amides is 1. The number of nitrogens with one attached hydrogen (secondary N) is 1. The van der Waals surface area contributed by atoms with Gasteiger partial charge in [-0.3, -0.25) is 4.79 Å². The molecule has 7 heteroatoms. The van der Waals surface area contributed by atoms with E-state index in [1.807, 2.05) is 17.5 Å². The van der Waals surface area contributed by atoms with Crippen molar-refractivity contribution in [3.8, 4) is 0 Å². The Morgan fingerprint density at radius 1 is 1.09 bits per heavy atom. The van der Waals surface area contributed by atoms with Gasteiger partial charge in [-0.15, -0.1) is 11.3 Å². The van der Waals surface area contributed by atoms with E-state index in [9.17, 15) is 4.79 Å². The SMILES string of the molecule is Cc1cc2c(N3CCC[C@@H](C(=O)NCCN4CCC(N5CCCCC5)CC4)C3)nccc2s1. The molecule has 0 spiro atoms. The van der Waals surface area contributed by atoms with E-state index in [-0.39, 0.29) is 11.8 Å². The van der Waals surface area contributed by atoms with Crippen LogP contribution in [0.4, 0.5) is 5.82 Å². The maximum atomic E-state index is 13.0. The van der Waals surface area contributed by atoms with Crippen LogP contribution in [0.1, 0.15) is 49.8 Å². The number of hydrogen-bond donors (Lipinski definition) is 1. The highest BCUT2D eigenvalue weighted by Gasteiger charge is 2.28. The molecule has 2 aromatic heterocycles. The Balaban J connectivity index is 1.07. The third kappa shape index (κ3) is 5.52. The largest absolute Gasteiger partial charge is 0.355 e. The fourth-order valence-corrected chi connectivity index (χ4v) is 6.90. The maximum absolute atomic E-state index is 13.0. The van der Waals surface area contributed by atoms with Gasteiger partial charge in [0, 0.05) is 53.4 Å². The zero-order chi connectivity index (χ0) is 22.6. The number of piperidine rings is 3. The highest BCUT2D eigenvalue weighted by Crippen LogP contribution is 2.33. The summed E-state index contributed by atoms with van der Waals surface area (Å²) in [5.74, 6) is 1.32. The molecule has 5 heterocycles. The maximum Gasteiger partial charge on any atom is 0.224 e. The van der Waals surface area contributed by atoms with Crippen molar-refractivity contribution in [2.45, 2.75) is 57.9 Å². The smallest absolute Gasteiger partial charge is 0.224 e. The van der Waals surface area contributed by atoms with Crippen molar-refractivity contribution in [2.24, 2.45) is 5.92 Å². The van der Waals surface area contributed by atoms with Gasteiger partial charge in [0.15, 0.2) is 0 Å². The Labute approximate surface area is 202 Å². The Hall–Kier alpha value is -1.70. The molecule has 3 aliphatic rings. The van der Waals surface area contributed by atoms with E-state index in [0.717, 1.165) is 50.9 Å². The molecule has 1 amide bonds. The van der Waals surface area contributed by atoms with Gasteiger partial charge in [-0.25, -0.2) is 4.98 Å². The number of carbonyl (C=O) groups excluding carboxylic acids is 1. The van der Waals surface area contributed by atoms with Crippen LogP contribution in [0.15, 0.2) is 18.3 Å². The molecule has 3 aliphatic heterocycles. The second-order valence-electron chi connectivity index (χ2n) is 10.1. The quantitative estimate of drug-likeness (QED) is 0.696. The fourth-order valence-electron chi connectivity index (χ4n) is 5.98. The molecular weight excluding hydrogens is 430 g/mol. The number of rotatable bonds is 6. The van der Waals surface area contributed by atoms with E-state index in [4.69, 9.17) is 4.98 Å². The lowest BCUT2D eigenvalue weighted by molar-refractivity contribution is -0.125. The summed E-state index contributed by atoms with van der Waals surface area (Å²) >= 11 is 1.82. The lowest BCUT2D eigenvalue weighted by Crippen LogP contribution is -2.49. The highest BCUT2D eigenvalue weighted by atomic mass is 32.1. The standard InChI is InChI=1S/C26H39N5OS/c1-20-18-23-24(33-20)7-10-27-25(23)31-14-5-6-21(19-31)26(32)28-11-17-29-15-8-22(9-16-29)30-12-3-2-4-13-30/h7,10,18,21-22H,2-6,8-9,11-17,19H2,1H3,(H,28,32)/t21-/m1/s1. The van der Waals surface area contributed by atoms with E-state index in [1.165, 1.54) is 73.2 Å². The topological polar surface area (TPSA) is 51.7 Å². The zero-order valence-corrected chi connectivity index (χ0v) is 20.9. The molecule has 2 aromatic rings. The van der Waals surface area contributed by atoms with Crippen LogP contribution in [-0.2, 0) is 4.79 Å². The molecule has 0 aromatic carbocycles. The van der Waals surface area contributed by atoms with Crippen LogP contribution in [0.25, 0.3) is 10.1 Å². The van der Waals surface area contributed by atoms with Crippen molar-refractivity contribution < 1.29 is 4.79 Å². The predicted molar refractivity (Wildman–Crippen MR) is 137 cm³/mol. The van der Waals surface area contributed by atoms with E-state index in [1.54, 1.807) is 0 Å². The van der Waals surface area contributed by atoms with Gasteiger partial charge in [-0.1, -0.05) is 6.42 Å². The molecule has 0 saturated carbocycles. The summed E-state index contributed by atoms with van der Waals surface area (Å²) in [5, 5.41) is 4.48. The first-order valence-corrected chi connectivity index (χ1v) is 13.8. The predicted octanol–water partition coefficient (Wildman–Crippen LogP) is 3.89. The van der Waals surface area contributed by atoms with Crippen molar-refractivity contribution in [2.75, 3.05) is 57.3 Å². The first kappa shape index (κ1) is 23.1. The third-order valence-electron chi connectivity index (χ3n) is 7.83. The first-order chi connectivity index (χ1) is 16.2. The van der Waals surface area contributed by atoms with Gasteiger partial charge >= 0.3 is 0 Å². The Morgan fingerprint density at radius 2 is 1.91 bits per heavy atom. The van der Waals surface area contributed by atoms with E-state index < -0.39 is 0 Å². The van der Waals surface area contributed by atoms with Gasteiger partial charge in [0.2, 0.25) is 5.91 Å². The summed E-state index contributed by atoms with van der Waals surface area (Å²) < 4.78 is 1.29. The first-order valence-electron chi connectivity index (χ1n) is 13.0. The van der Waals surface area contributed by atoms with Gasteiger partial charge in [-0.2, -0.15) is 0 Å². The number of hydrogen-bond acceptors (Lipinski definition) is 6. The number of pyridine rings is 1. The molecule has 3 fully saturated rings. The van der Waals surface area contributed by atoms with Gasteiger partial charge < -0.3 is 20.0 Å². The van der Waals surface area contributed by atoms with Crippen LogP contribution < -0.4 is 10.2 Å². The van der Waals surface area contributed by atoms with Crippen LogP contribution >= 0.6 is 11.3 Å². The second kappa shape index (κ2) is 10.7. The minimum absolute atomic E-state index is 0.0559. The number of thiophene rings is 1. The number of fused-ring (bicyclic) bond motifs is 1. The van der Waals surface area contributed by atoms with Crippen molar-refractivity contribution in [1.82, 2.24) is 20.1 Å². The molecule has 1 N–H and O–H groups in total. The summed E-state index contributed by atoms with van der Waals surface area (Å²) in [6, 6.07) is 5.12. The summed E-state index contributed by atoms with van der Waals surface area (Å²) in [6.07, 6.45) is 10.7. The third-order valence-corrected chi connectivity index (χ3v) is 8.85. The Bertz CT molecular complexity index is 932. The molecule has 0 bridgehead atoms. The number of aromatic nitrogens is 1. The van der Waals surface area contributed by atoms with Gasteiger partial charge in [0.05, 0.1) is 5.92 Å². The number of nitrogens with zero attached hydrogens (tertiary/aromatic N) is 4. The number of carbonyl (C=O) groups is 1. The molecule has 3 saturated heterocycles. The molecule has 5 rings (SSSR count). The number of aryl methyl sites for hydroxylation is 1. The summed E-state index contributed by atoms with van der Waals surface area (Å²) in [6.45, 7) is 10.6. The molecule has 0 aliphatic carbocycles. The second-order valence-corrected chi connectivity index (χ2v) is 11.4. The van der Waals surface area contributed by atoms with Crippen LogP contribution in [-0.4, -0.2) is 79.1 Å². The zero-order valence-electron chi connectivity index (χ0n) is 20.1. The van der Waals surface area contributed by atoms with Gasteiger partial charge in [0.25, 0.3) is 0 Å². The van der Waals surface area contributed by atoms with Crippen LogP contribution in [0.2, 0.25) is 0 Å². The average Bonchev–Trinajstić information content (AvgIpc) is 3.25. The molecule has 0 unspecified atom stereocenters. The van der Waals surface area contributed by atoms with Crippen molar-refractivity contribution in [3.05, 3.63) is 23.2 Å². The van der Waals surface area contributed by atoms with Crippen LogP contribution in [0.3, 0.4) is 0 Å². The van der Waals surface area contributed by atoms with Crippen LogP contribution in [0.5, 0.6) is 0 Å². The molecule has 1 atom stereocenters. The van der Waals surface area contributed by atoms with Crippen LogP contribution in [0, 0.1) is 12.8 Å². The summed E-state index contributed by atoms with van der Waals surface area (Å²) in [7, 11) is 0. The Morgan fingerprint density at radius 3 is 2.73 bits per heavy atom. The van der Waals surface area contributed by atoms with Crippen molar-refractivity contribution in [1.29, 1.82) is 0 Å². The molecule has 33 heavy (non-hydrogen) atoms. The highest BCUT2D eigenvalue weighted by molar-refractivity contribution is 7.19. The summed E-state index contributed by atoms with van der Waals surface area (Å²) in [5.41, 5.74) is 0. The minimum Gasteiger partial charge on any atom is -0.355 e. The fraction of sp³-hybridized carbons (Fsp3) is 0.692. The number of anilines is 1. The van der Waals surface area contributed by atoms with Gasteiger partial charge in [0.1, 0.15) is 5.82 Å². The van der Waals surface area contributed by atoms with Crippen molar-refractivity contribution >= 4 is 33.1 Å². The van der Waals surface area contributed by atoms with E-state index >= 15 is 0 Å². The lowest BCUT2D eigenvalue weighted by Gasteiger charge is -2.40. The van der Waals surface area contributed by atoms with E-state index in [2.05, 4.69) is 39.1 Å². The van der Waals surface area contributed by atoms with Crippen molar-refractivity contribution in [3.63, 3.8) is 0 Å². The summed E-state index contributed by atoms with van der Waals surface area (Å²) in [4.78, 5) is 26.6. The van der Waals surface area contributed by atoms with Gasteiger partial charge in [-0.05, 0) is 83.8 Å². The minimum atomic E-state index is 0.0559. The Kier molecular flexibility index (Phi) is 7.48. The molecule has 180 valence electrons. The monoisotopic (exact) mass is 469 g/mol. The molecular formula is C26H39N5OS. The number of likely N-dealkylation sites (tertiary alicyclic amines) is 2. The normalized spacial score (nSPS) is 23.8. The average molecular weight is 470 g/mol. The molecule has 0 radical (unpaired) electrons.